The van der Waals surface area contributed by atoms with E-state index in [9.17, 15) is 14.0 Å². The highest BCUT2D eigenvalue weighted by atomic mass is 32.1. The molecule has 1 N–H and O–H groups in total. The third-order valence-electron chi connectivity index (χ3n) is 3.76. The molecular formula is C15H15FN4O3S. The molecule has 9 heteroatoms. The normalized spacial score (nSPS) is 15.2. The highest BCUT2D eigenvalue weighted by Gasteiger charge is 2.22. The topological polar surface area (TPSA) is 86.6 Å². The maximum atomic E-state index is 13.6. The summed E-state index contributed by atoms with van der Waals surface area (Å²) in [6.45, 7) is 2.03. The molecule has 1 saturated heterocycles. The minimum absolute atomic E-state index is 0.0828. The van der Waals surface area contributed by atoms with E-state index in [0.717, 1.165) is 0 Å². The van der Waals surface area contributed by atoms with Crippen molar-refractivity contribution in [3.05, 3.63) is 40.9 Å². The van der Waals surface area contributed by atoms with Gasteiger partial charge in [0.25, 0.3) is 0 Å². The molecular weight excluding hydrogens is 335 g/mol. The number of amides is 1. The van der Waals surface area contributed by atoms with Gasteiger partial charge in [-0.2, -0.15) is 4.39 Å². The zero-order valence-corrected chi connectivity index (χ0v) is 13.5. The van der Waals surface area contributed by atoms with Crippen LogP contribution in [0.2, 0.25) is 0 Å². The highest BCUT2D eigenvalue weighted by Crippen LogP contribution is 2.26. The molecule has 7 nitrogen and oxygen atoms in total. The molecule has 0 spiro atoms. The average molecular weight is 350 g/mol. The van der Waals surface area contributed by atoms with Crippen LogP contribution in [0.15, 0.2) is 24.5 Å². The lowest BCUT2D eigenvalue weighted by Crippen LogP contribution is -2.34. The molecule has 0 bridgehead atoms. The van der Waals surface area contributed by atoms with E-state index in [2.05, 4.69) is 9.97 Å². The van der Waals surface area contributed by atoms with Crippen LogP contribution in [0, 0.1) is 5.95 Å². The molecule has 1 aliphatic rings. The fraction of sp³-hybridized carbons (Fsp3) is 0.333. The number of carbonyl (C=O) groups is 2. The summed E-state index contributed by atoms with van der Waals surface area (Å²) in [6, 6.07) is 2.90. The van der Waals surface area contributed by atoms with E-state index in [0.29, 0.717) is 42.6 Å². The Balaban J connectivity index is 1.75. The van der Waals surface area contributed by atoms with Gasteiger partial charge in [-0.15, -0.1) is 0 Å². The second-order valence-electron chi connectivity index (χ2n) is 5.29. The van der Waals surface area contributed by atoms with E-state index >= 15 is 0 Å². The minimum Gasteiger partial charge on any atom is -0.465 e. The molecule has 0 aliphatic carbocycles. The SMILES string of the molecule is O=C(c1cnc(N2CCCN(C(=O)O)CC2)s1)c1cccnc1F. The molecule has 2 aromatic rings. The van der Waals surface area contributed by atoms with E-state index in [1.165, 1.54) is 40.8 Å². The number of rotatable bonds is 3. The number of hydrogen-bond donors (Lipinski definition) is 1. The van der Waals surface area contributed by atoms with Gasteiger partial charge >= 0.3 is 6.09 Å². The molecule has 1 amide bonds. The Bertz CT molecular complexity index is 767. The summed E-state index contributed by atoms with van der Waals surface area (Å²) in [5, 5.41) is 9.69. The largest absolute Gasteiger partial charge is 0.465 e. The van der Waals surface area contributed by atoms with E-state index in [1.807, 2.05) is 4.90 Å². The van der Waals surface area contributed by atoms with Crippen molar-refractivity contribution in [2.24, 2.45) is 0 Å². The molecule has 2 aromatic heterocycles. The Kier molecular flexibility index (Phi) is 4.70. The lowest BCUT2D eigenvalue weighted by Gasteiger charge is -2.19. The van der Waals surface area contributed by atoms with Crippen molar-refractivity contribution in [2.75, 3.05) is 31.1 Å². The number of thiazole rings is 1. The molecule has 1 fully saturated rings. The number of anilines is 1. The number of pyridine rings is 1. The van der Waals surface area contributed by atoms with Gasteiger partial charge in [-0.1, -0.05) is 11.3 Å². The molecule has 24 heavy (non-hydrogen) atoms. The van der Waals surface area contributed by atoms with E-state index in [4.69, 9.17) is 5.11 Å². The lowest BCUT2D eigenvalue weighted by atomic mass is 10.2. The molecule has 0 saturated carbocycles. The fourth-order valence-electron chi connectivity index (χ4n) is 2.50. The van der Waals surface area contributed by atoms with Crippen LogP contribution in [0.4, 0.5) is 14.3 Å². The Morgan fingerprint density at radius 2 is 2.04 bits per heavy atom. The molecule has 3 rings (SSSR count). The molecule has 1 aliphatic heterocycles. The van der Waals surface area contributed by atoms with Crippen LogP contribution in [-0.2, 0) is 0 Å². The second-order valence-corrected chi connectivity index (χ2v) is 6.30. The minimum atomic E-state index is -0.932. The summed E-state index contributed by atoms with van der Waals surface area (Å²) in [4.78, 5) is 34.8. The van der Waals surface area contributed by atoms with Crippen LogP contribution in [0.3, 0.4) is 0 Å². The van der Waals surface area contributed by atoms with Crippen LogP contribution < -0.4 is 4.90 Å². The number of nitrogens with zero attached hydrogens (tertiary/aromatic N) is 4. The summed E-state index contributed by atoms with van der Waals surface area (Å²) in [5.74, 6) is -1.25. The first kappa shape index (κ1) is 16.3. The summed E-state index contributed by atoms with van der Waals surface area (Å²) >= 11 is 1.17. The summed E-state index contributed by atoms with van der Waals surface area (Å²) in [7, 11) is 0. The maximum absolute atomic E-state index is 13.6. The molecule has 0 radical (unpaired) electrons. The highest BCUT2D eigenvalue weighted by molar-refractivity contribution is 7.17. The van der Waals surface area contributed by atoms with Crippen molar-refractivity contribution in [3.63, 3.8) is 0 Å². The van der Waals surface area contributed by atoms with Gasteiger partial charge in [0.05, 0.1) is 16.6 Å². The summed E-state index contributed by atoms with van der Waals surface area (Å²) in [5.41, 5.74) is -0.0828. The fourth-order valence-corrected chi connectivity index (χ4v) is 3.43. The first-order valence-electron chi connectivity index (χ1n) is 7.40. The van der Waals surface area contributed by atoms with Crippen molar-refractivity contribution in [1.82, 2.24) is 14.9 Å². The summed E-state index contributed by atoms with van der Waals surface area (Å²) in [6.07, 6.45) is 2.47. The van der Waals surface area contributed by atoms with Crippen LogP contribution in [0.5, 0.6) is 0 Å². The van der Waals surface area contributed by atoms with Crippen molar-refractivity contribution in [1.29, 1.82) is 0 Å². The van der Waals surface area contributed by atoms with Gasteiger partial charge in [-0.05, 0) is 18.6 Å². The van der Waals surface area contributed by atoms with Crippen molar-refractivity contribution in [2.45, 2.75) is 6.42 Å². The number of hydrogen-bond acceptors (Lipinski definition) is 6. The van der Waals surface area contributed by atoms with E-state index < -0.39 is 17.8 Å². The molecule has 126 valence electrons. The Hall–Kier alpha value is -2.55. The predicted molar refractivity (Wildman–Crippen MR) is 86.2 cm³/mol. The van der Waals surface area contributed by atoms with Gasteiger partial charge in [0.2, 0.25) is 11.7 Å². The molecule has 0 aromatic carbocycles. The van der Waals surface area contributed by atoms with Gasteiger partial charge in [-0.25, -0.2) is 14.8 Å². The third kappa shape index (κ3) is 3.35. The zero-order chi connectivity index (χ0) is 17.1. The van der Waals surface area contributed by atoms with Gasteiger partial charge in [0.1, 0.15) is 0 Å². The first-order valence-corrected chi connectivity index (χ1v) is 8.22. The number of carbonyl (C=O) groups excluding carboxylic acids is 1. The van der Waals surface area contributed by atoms with Crippen molar-refractivity contribution >= 4 is 28.3 Å². The first-order chi connectivity index (χ1) is 11.6. The van der Waals surface area contributed by atoms with Gasteiger partial charge in [-0.3, -0.25) is 4.79 Å². The van der Waals surface area contributed by atoms with Crippen molar-refractivity contribution < 1.29 is 19.1 Å². The Morgan fingerprint density at radius 1 is 1.21 bits per heavy atom. The lowest BCUT2D eigenvalue weighted by molar-refractivity contribution is 0.103. The Labute approximate surface area is 141 Å². The Morgan fingerprint density at radius 3 is 2.79 bits per heavy atom. The average Bonchev–Trinajstić information content (AvgIpc) is 2.92. The van der Waals surface area contributed by atoms with Crippen molar-refractivity contribution in [3.8, 4) is 0 Å². The van der Waals surface area contributed by atoms with E-state index in [-0.39, 0.29) is 5.56 Å². The van der Waals surface area contributed by atoms with Crippen LogP contribution in [0.1, 0.15) is 21.7 Å². The molecule has 0 atom stereocenters. The summed E-state index contributed by atoms with van der Waals surface area (Å²) < 4.78 is 13.6. The smallest absolute Gasteiger partial charge is 0.407 e. The zero-order valence-electron chi connectivity index (χ0n) is 12.7. The third-order valence-corrected chi connectivity index (χ3v) is 4.81. The molecule has 3 heterocycles. The second kappa shape index (κ2) is 6.91. The van der Waals surface area contributed by atoms with Crippen LogP contribution in [0.25, 0.3) is 0 Å². The standard InChI is InChI=1S/C15H15FN4O3S/c16-13-10(3-1-4-17-13)12(21)11-9-18-14(24-11)19-5-2-6-20(8-7-19)15(22)23/h1,3-4,9H,2,5-8H2,(H,22,23). The van der Waals surface area contributed by atoms with Gasteiger partial charge in [0, 0.05) is 32.4 Å². The monoisotopic (exact) mass is 350 g/mol. The quantitative estimate of drug-likeness (QED) is 0.674. The maximum Gasteiger partial charge on any atom is 0.407 e. The predicted octanol–water partition coefficient (Wildman–Crippen LogP) is 2.10. The van der Waals surface area contributed by atoms with Gasteiger partial charge in [0.15, 0.2) is 5.13 Å². The van der Waals surface area contributed by atoms with Crippen LogP contribution in [-0.4, -0.2) is 58.0 Å². The number of carboxylic acid groups (broad SMARTS) is 1. The number of ketones is 1. The van der Waals surface area contributed by atoms with E-state index in [1.54, 1.807) is 0 Å². The van der Waals surface area contributed by atoms with Crippen LogP contribution >= 0.6 is 11.3 Å². The molecule has 0 unspecified atom stereocenters. The number of aromatic nitrogens is 2. The van der Waals surface area contributed by atoms with Gasteiger partial charge < -0.3 is 14.9 Å². The number of halogens is 1.